The summed E-state index contributed by atoms with van der Waals surface area (Å²) >= 11 is 0. The van der Waals surface area contributed by atoms with Gasteiger partial charge in [-0.3, -0.25) is 14.4 Å². The van der Waals surface area contributed by atoms with Crippen molar-refractivity contribution in [2.45, 2.75) is 26.9 Å². The third kappa shape index (κ3) is 3.04. The number of aliphatic imine (C=N–C) groups is 1. The zero-order valence-electron chi connectivity index (χ0n) is 15.6. The van der Waals surface area contributed by atoms with Crippen molar-refractivity contribution in [3.8, 4) is 0 Å². The van der Waals surface area contributed by atoms with E-state index in [1.54, 1.807) is 12.4 Å². The molecule has 1 aromatic carbocycles. The first-order chi connectivity index (χ1) is 13.3. The molecule has 1 aliphatic heterocycles. The van der Waals surface area contributed by atoms with Crippen LogP contribution in [0.5, 0.6) is 0 Å². The highest BCUT2D eigenvalue weighted by Crippen LogP contribution is 2.34. The molecule has 0 aliphatic carbocycles. The first kappa shape index (κ1) is 18.2. The van der Waals surface area contributed by atoms with E-state index in [4.69, 9.17) is 0 Å². The second-order valence-electron chi connectivity index (χ2n) is 6.71. The Labute approximate surface area is 159 Å². The fourth-order valence-electron chi connectivity index (χ4n) is 3.45. The number of hydrogen-bond donors (Lipinski definition) is 0. The quantitative estimate of drug-likeness (QED) is 0.650. The van der Waals surface area contributed by atoms with Crippen molar-refractivity contribution in [3.63, 3.8) is 0 Å². The lowest BCUT2D eigenvalue weighted by Crippen LogP contribution is -2.27. The summed E-state index contributed by atoms with van der Waals surface area (Å²) in [4.78, 5) is 15.3. The van der Waals surface area contributed by atoms with Crippen LogP contribution in [-0.2, 0) is 6.18 Å². The highest BCUT2D eigenvalue weighted by Gasteiger charge is 2.30. The van der Waals surface area contributed by atoms with Gasteiger partial charge in [0, 0.05) is 18.1 Å². The highest BCUT2D eigenvalue weighted by molar-refractivity contribution is 5.87. The van der Waals surface area contributed by atoms with Crippen LogP contribution in [0.1, 0.15) is 28.3 Å². The van der Waals surface area contributed by atoms with Crippen LogP contribution in [0.2, 0.25) is 0 Å². The van der Waals surface area contributed by atoms with Gasteiger partial charge in [-0.15, -0.1) is 0 Å². The van der Waals surface area contributed by atoms with Gasteiger partial charge in [0.2, 0.25) is 0 Å². The lowest BCUT2D eigenvalue weighted by molar-refractivity contribution is -0.137. The molecule has 28 heavy (non-hydrogen) atoms. The molecule has 0 radical (unpaired) electrons. The van der Waals surface area contributed by atoms with E-state index in [0.29, 0.717) is 12.2 Å². The van der Waals surface area contributed by atoms with Gasteiger partial charge < -0.3 is 4.90 Å². The van der Waals surface area contributed by atoms with E-state index in [0.717, 1.165) is 46.3 Å². The molecule has 0 unspecified atom stereocenters. The zero-order chi connectivity index (χ0) is 20.1. The fraction of sp³-hybridized carbons (Fsp3) is 0.250. The Morgan fingerprint density at radius 3 is 2.36 bits per heavy atom. The molecule has 0 amide bonds. The fourth-order valence-corrected chi connectivity index (χ4v) is 3.45. The van der Waals surface area contributed by atoms with Crippen molar-refractivity contribution < 1.29 is 13.2 Å². The van der Waals surface area contributed by atoms with E-state index in [9.17, 15) is 13.2 Å². The van der Waals surface area contributed by atoms with Gasteiger partial charge in [0.05, 0.1) is 46.8 Å². The van der Waals surface area contributed by atoms with Crippen LogP contribution >= 0.6 is 0 Å². The normalized spacial score (nSPS) is 14.6. The number of alkyl halides is 3. The average Bonchev–Trinajstić information content (AvgIpc) is 2.97. The predicted molar refractivity (Wildman–Crippen MR) is 102 cm³/mol. The molecule has 5 nitrogen and oxygen atoms in total. The van der Waals surface area contributed by atoms with Gasteiger partial charge in [0.1, 0.15) is 0 Å². The molecule has 1 aliphatic rings. The van der Waals surface area contributed by atoms with Gasteiger partial charge in [-0.1, -0.05) is 0 Å². The average molecular weight is 385 g/mol. The highest BCUT2D eigenvalue weighted by atomic mass is 19.4. The SMILES string of the molecule is Cc1cn2c(C3=CN=CCN3c3ccc(C(F)(F)F)cc3)c(C)nc2c(C)n1. The molecule has 0 spiro atoms. The first-order valence-electron chi connectivity index (χ1n) is 8.75. The number of nitrogens with zero attached hydrogens (tertiary/aromatic N) is 5. The summed E-state index contributed by atoms with van der Waals surface area (Å²) in [5.41, 5.74) is 4.83. The number of fused-ring (bicyclic) bond motifs is 1. The van der Waals surface area contributed by atoms with E-state index in [-0.39, 0.29) is 0 Å². The molecule has 0 saturated carbocycles. The van der Waals surface area contributed by atoms with Crippen LogP contribution in [0, 0.1) is 20.8 Å². The summed E-state index contributed by atoms with van der Waals surface area (Å²) in [6, 6.07) is 5.15. The molecule has 8 heteroatoms. The maximum atomic E-state index is 12.9. The van der Waals surface area contributed by atoms with Crippen LogP contribution in [0.4, 0.5) is 18.9 Å². The second kappa shape index (κ2) is 6.47. The van der Waals surface area contributed by atoms with Gasteiger partial charge in [0.25, 0.3) is 0 Å². The maximum absolute atomic E-state index is 12.9. The standard InChI is InChI=1S/C20H18F3N5/c1-12-11-28-18(13(2)26-19(28)14(3)25-12)17-10-24-8-9-27(17)16-6-4-15(5-7-16)20(21,22)23/h4-8,10-11H,9H2,1-3H3. The third-order valence-electron chi connectivity index (χ3n) is 4.68. The van der Waals surface area contributed by atoms with Crippen molar-refractivity contribution in [2.24, 2.45) is 4.99 Å². The van der Waals surface area contributed by atoms with Gasteiger partial charge in [-0.05, 0) is 45.0 Å². The summed E-state index contributed by atoms with van der Waals surface area (Å²) in [6.07, 6.45) is 0.975. The smallest absolute Gasteiger partial charge is 0.333 e. The van der Waals surface area contributed by atoms with E-state index in [2.05, 4.69) is 15.0 Å². The van der Waals surface area contributed by atoms with Crippen molar-refractivity contribution in [1.29, 1.82) is 0 Å². The lowest BCUT2D eigenvalue weighted by atomic mass is 10.1. The Hall–Kier alpha value is -3.16. The van der Waals surface area contributed by atoms with Gasteiger partial charge in [0.15, 0.2) is 5.65 Å². The molecule has 4 rings (SSSR count). The molecule has 3 aromatic rings. The largest absolute Gasteiger partial charge is 0.416 e. The summed E-state index contributed by atoms with van der Waals surface area (Å²) < 4.78 is 40.7. The second-order valence-corrected chi connectivity index (χ2v) is 6.71. The number of aryl methyl sites for hydroxylation is 3. The Bertz CT molecular complexity index is 1110. The molecule has 0 bridgehead atoms. The summed E-state index contributed by atoms with van der Waals surface area (Å²) in [5.74, 6) is 0. The van der Waals surface area contributed by atoms with Crippen molar-refractivity contribution >= 4 is 23.2 Å². The maximum Gasteiger partial charge on any atom is 0.416 e. The molecule has 144 valence electrons. The number of aromatic nitrogens is 3. The van der Waals surface area contributed by atoms with E-state index in [1.165, 1.54) is 12.1 Å². The molecule has 3 heterocycles. The number of anilines is 1. The predicted octanol–water partition coefficient (Wildman–Crippen LogP) is 4.56. The third-order valence-corrected chi connectivity index (χ3v) is 4.68. The molecule has 0 saturated heterocycles. The number of hydrogen-bond acceptors (Lipinski definition) is 4. The molecular weight excluding hydrogens is 367 g/mol. The Balaban J connectivity index is 1.83. The topological polar surface area (TPSA) is 45.8 Å². The van der Waals surface area contributed by atoms with Crippen LogP contribution < -0.4 is 4.90 Å². The van der Waals surface area contributed by atoms with Crippen LogP contribution in [0.15, 0.2) is 41.7 Å². The molecule has 0 atom stereocenters. The number of benzene rings is 1. The molecule has 0 N–H and O–H groups in total. The van der Waals surface area contributed by atoms with Crippen LogP contribution in [0.3, 0.4) is 0 Å². The van der Waals surface area contributed by atoms with Gasteiger partial charge >= 0.3 is 6.18 Å². The van der Waals surface area contributed by atoms with E-state index in [1.807, 2.05) is 36.3 Å². The minimum atomic E-state index is -4.36. The summed E-state index contributed by atoms with van der Waals surface area (Å²) in [6.45, 7) is 6.17. The minimum absolute atomic E-state index is 0.451. The van der Waals surface area contributed by atoms with Gasteiger partial charge in [-0.25, -0.2) is 4.98 Å². The lowest BCUT2D eigenvalue weighted by Gasteiger charge is -2.28. The summed E-state index contributed by atoms with van der Waals surface area (Å²) in [5, 5.41) is 0. The zero-order valence-corrected chi connectivity index (χ0v) is 15.6. The minimum Gasteiger partial charge on any atom is -0.333 e. The van der Waals surface area contributed by atoms with Crippen LogP contribution in [-0.4, -0.2) is 27.1 Å². The number of rotatable bonds is 2. The number of imidazole rings is 1. The first-order valence-corrected chi connectivity index (χ1v) is 8.75. The van der Waals surface area contributed by atoms with E-state index >= 15 is 0 Å². The van der Waals surface area contributed by atoms with Crippen molar-refractivity contribution in [1.82, 2.24) is 14.4 Å². The molecule has 2 aromatic heterocycles. The van der Waals surface area contributed by atoms with Gasteiger partial charge in [-0.2, -0.15) is 13.2 Å². The van der Waals surface area contributed by atoms with Crippen LogP contribution in [0.25, 0.3) is 11.3 Å². The Morgan fingerprint density at radius 2 is 1.68 bits per heavy atom. The summed E-state index contributed by atoms with van der Waals surface area (Å²) in [7, 11) is 0. The van der Waals surface area contributed by atoms with E-state index < -0.39 is 11.7 Å². The number of halogens is 3. The monoisotopic (exact) mass is 385 g/mol. The van der Waals surface area contributed by atoms with Crippen molar-refractivity contribution in [3.05, 3.63) is 65.0 Å². The van der Waals surface area contributed by atoms with Crippen molar-refractivity contribution in [2.75, 3.05) is 11.4 Å². The Kier molecular flexibility index (Phi) is 4.21. The Morgan fingerprint density at radius 1 is 0.964 bits per heavy atom. The molecule has 0 fully saturated rings. The molecular formula is C20H18F3N5.